The van der Waals surface area contributed by atoms with Crippen molar-refractivity contribution in [2.24, 2.45) is 4.99 Å². The van der Waals surface area contributed by atoms with Gasteiger partial charge in [0.15, 0.2) is 0 Å². The lowest BCUT2D eigenvalue weighted by atomic mass is 9.96. The summed E-state index contributed by atoms with van der Waals surface area (Å²) in [5.41, 5.74) is 4.99. The fourth-order valence-electron chi connectivity index (χ4n) is 5.13. The third-order valence-corrected chi connectivity index (χ3v) is 6.82. The molecule has 2 aromatic carbocycles. The molecule has 1 aromatic heterocycles. The number of ether oxygens (including phenoxy) is 2. The van der Waals surface area contributed by atoms with Gasteiger partial charge in [-0.3, -0.25) is 9.36 Å². The fraction of sp³-hybridized carbons (Fsp3) is 0.233. The van der Waals surface area contributed by atoms with E-state index >= 15 is 0 Å². The highest BCUT2D eigenvalue weighted by Crippen LogP contribution is 2.38. The molecule has 0 bridgehead atoms. The SMILES string of the molecule is C=CCC1C=C(C=c2[nH]c3n(c2=O)C(c2ccc(OC)cc2)C(C(=O)OCC)=C(C)N=3)c2ccccc21. The summed E-state index contributed by atoms with van der Waals surface area (Å²) >= 11 is 0. The van der Waals surface area contributed by atoms with Crippen LogP contribution >= 0.6 is 0 Å². The number of nitrogens with zero attached hydrogens (tertiary/aromatic N) is 2. The van der Waals surface area contributed by atoms with Crippen molar-refractivity contribution < 1.29 is 14.3 Å². The third-order valence-electron chi connectivity index (χ3n) is 6.82. The molecule has 2 aliphatic rings. The molecule has 0 amide bonds. The molecule has 37 heavy (non-hydrogen) atoms. The van der Waals surface area contributed by atoms with Crippen LogP contribution < -0.4 is 21.3 Å². The Kier molecular flexibility index (Phi) is 6.53. The van der Waals surface area contributed by atoms with Crippen molar-refractivity contribution in [1.82, 2.24) is 9.55 Å². The number of carbonyl (C=O) groups excluding carboxylic acids is 1. The maximum Gasteiger partial charge on any atom is 0.338 e. The van der Waals surface area contributed by atoms with E-state index < -0.39 is 12.0 Å². The molecule has 188 valence electrons. The number of rotatable bonds is 7. The highest BCUT2D eigenvalue weighted by atomic mass is 16.5. The van der Waals surface area contributed by atoms with Gasteiger partial charge in [-0.1, -0.05) is 48.6 Å². The maximum absolute atomic E-state index is 13.9. The van der Waals surface area contributed by atoms with Gasteiger partial charge < -0.3 is 14.5 Å². The van der Waals surface area contributed by atoms with Crippen LogP contribution in [-0.4, -0.2) is 29.2 Å². The Morgan fingerprint density at radius 2 is 1.95 bits per heavy atom. The molecule has 0 fully saturated rings. The Morgan fingerprint density at radius 1 is 1.19 bits per heavy atom. The van der Waals surface area contributed by atoms with Crippen LogP contribution in [0.5, 0.6) is 5.75 Å². The van der Waals surface area contributed by atoms with Crippen molar-refractivity contribution in [2.75, 3.05) is 13.7 Å². The molecule has 7 heteroatoms. The molecule has 0 spiro atoms. The van der Waals surface area contributed by atoms with E-state index in [9.17, 15) is 9.59 Å². The van der Waals surface area contributed by atoms with E-state index in [0.29, 0.717) is 28.0 Å². The van der Waals surface area contributed by atoms with E-state index in [2.05, 4.69) is 34.8 Å². The smallest absolute Gasteiger partial charge is 0.338 e. The topological polar surface area (TPSA) is 85.7 Å². The molecule has 2 unspecified atom stereocenters. The number of H-pyrrole nitrogens is 1. The van der Waals surface area contributed by atoms with Crippen LogP contribution in [0.1, 0.15) is 48.9 Å². The van der Waals surface area contributed by atoms with Crippen molar-refractivity contribution in [1.29, 1.82) is 0 Å². The number of aromatic amines is 1. The molecular weight excluding hydrogens is 466 g/mol. The Labute approximate surface area is 214 Å². The number of hydrogen-bond donors (Lipinski definition) is 1. The summed E-state index contributed by atoms with van der Waals surface area (Å²) in [7, 11) is 1.59. The molecule has 7 nitrogen and oxygen atoms in total. The van der Waals surface area contributed by atoms with Crippen LogP contribution in [0.4, 0.5) is 0 Å². The van der Waals surface area contributed by atoms with Crippen LogP contribution in [0.3, 0.4) is 0 Å². The summed E-state index contributed by atoms with van der Waals surface area (Å²) in [6.45, 7) is 7.63. The van der Waals surface area contributed by atoms with Crippen molar-refractivity contribution in [3.8, 4) is 5.75 Å². The first-order valence-corrected chi connectivity index (χ1v) is 12.3. The summed E-state index contributed by atoms with van der Waals surface area (Å²) < 4.78 is 12.2. The minimum Gasteiger partial charge on any atom is -0.497 e. The van der Waals surface area contributed by atoms with Gasteiger partial charge in [0, 0.05) is 5.92 Å². The Hall–Kier alpha value is -4.39. The number of methoxy groups -OCH3 is 1. The molecule has 5 rings (SSSR count). The number of carbonyl (C=O) groups is 1. The second kappa shape index (κ2) is 9.93. The standard InChI is InChI=1S/C30H29N3O4/c1-5-9-20-16-21(24-11-8-7-10-23(20)24)17-25-28(34)33-27(19-12-14-22(36-4)15-13-19)26(29(35)37-6-2)18(3)31-30(33)32-25/h5,7-8,10-17,20,27H,1,6,9H2,2-4H3,(H,31,32). The number of allylic oxidation sites excluding steroid dienone is 4. The van der Waals surface area contributed by atoms with Gasteiger partial charge >= 0.3 is 5.97 Å². The normalized spacial score (nSPS) is 18.6. The van der Waals surface area contributed by atoms with Crippen molar-refractivity contribution in [3.05, 3.63) is 117 Å². The number of imidazole rings is 1. The van der Waals surface area contributed by atoms with Crippen molar-refractivity contribution in [3.63, 3.8) is 0 Å². The second-order valence-electron chi connectivity index (χ2n) is 9.03. The quantitative estimate of drug-likeness (QED) is 0.399. The monoisotopic (exact) mass is 495 g/mol. The summed E-state index contributed by atoms with van der Waals surface area (Å²) in [5.74, 6) is 0.399. The largest absolute Gasteiger partial charge is 0.497 e. The number of nitrogens with one attached hydrogen (secondary N) is 1. The summed E-state index contributed by atoms with van der Waals surface area (Å²) in [6, 6.07) is 14.8. The first-order chi connectivity index (χ1) is 18.0. The molecule has 2 heterocycles. The van der Waals surface area contributed by atoms with Crippen LogP contribution in [-0.2, 0) is 9.53 Å². The van der Waals surface area contributed by atoms with Crippen LogP contribution in [0.15, 0.2) is 88.3 Å². The number of fused-ring (bicyclic) bond motifs is 2. The molecular formula is C30H29N3O4. The predicted molar refractivity (Wildman–Crippen MR) is 143 cm³/mol. The highest BCUT2D eigenvalue weighted by Gasteiger charge is 2.33. The lowest BCUT2D eigenvalue weighted by Crippen LogP contribution is -2.40. The average molecular weight is 496 g/mol. The number of aromatic nitrogens is 2. The highest BCUT2D eigenvalue weighted by molar-refractivity contribution is 5.93. The summed E-state index contributed by atoms with van der Waals surface area (Å²) in [5, 5.41) is 0.399. The van der Waals surface area contributed by atoms with Crippen LogP contribution in [0.25, 0.3) is 11.6 Å². The first kappa shape index (κ1) is 24.3. The minimum atomic E-state index is -0.693. The maximum atomic E-state index is 13.9. The van der Waals surface area contributed by atoms with Gasteiger partial charge in [-0.2, -0.15) is 0 Å². The third kappa shape index (κ3) is 4.27. The lowest BCUT2D eigenvalue weighted by molar-refractivity contribution is -0.139. The zero-order valence-corrected chi connectivity index (χ0v) is 21.2. The van der Waals surface area contributed by atoms with Gasteiger partial charge in [0.1, 0.15) is 11.1 Å². The lowest BCUT2D eigenvalue weighted by Gasteiger charge is -2.24. The fourth-order valence-corrected chi connectivity index (χ4v) is 5.13. The zero-order valence-electron chi connectivity index (χ0n) is 21.2. The van der Waals surface area contributed by atoms with E-state index in [1.807, 2.05) is 48.6 Å². The van der Waals surface area contributed by atoms with E-state index in [1.165, 1.54) is 10.1 Å². The summed E-state index contributed by atoms with van der Waals surface area (Å²) in [6.07, 6.45) is 6.76. The van der Waals surface area contributed by atoms with Gasteiger partial charge in [-0.05, 0) is 60.7 Å². The summed E-state index contributed by atoms with van der Waals surface area (Å²) in [4.78, 5) is 34.7. The Bertz CT molecular complexity index is 1620. The van der Waals surface area contributed by atoms with Gasteiger partial charge in [-0.15, -0.1) is 6.58 Å². The molecule has 0 saturated heterocycles. The number of esters is 1. The van der Waals surface area contributed by atoms with E-state index in [4.69, 9.17) is 9.47 Å². The van der Waals surface area contributed by atoms with Gasteiger partial charge in [-0.25, -0.2) is 9.79 Å². The predicted octanol–water partition coefficient (Wildman–Crippen LogP) is 3.78. The van der Waals surface area contributed by atoms with Gasteiger partial charge in [0.25, 0.3) is 5.56 Å². The van der Waals surface area contributed by atoms with Crippen molar-refractivity contribution >= 4 is 17.6 Å². The van der Waals surface area contributed by atoms with E-state index in [0.717, 1.165) is 23.1 Å². The van der Waals surface area contributed by atoms with E-state index in [1.54, 1.807) is 21.0 Å². The molecule has 0 saturated carbocycles. The molecule has 0 radical (unpaired) electrons. The number of hydrogen-bond acceptors (Lipinski definition) is 5. The molecule has 2 atom stereocenters. The Balaban J connectivity index is 1.69. The average Bonchev–Trinajstić information content (AvgIpc) is 3.40. The molecule has 1 aliphatic heterocycles. The zero-order chi connectivity index (χ0) is 26.1. The molecule has 1 aliphatic carbocycles. The molecule has 3 aromatic rings. The van der Waals surface area contributed by atoms with Gasteiger partial charge in [0.05, 0.1) is 31.0 Å². The Morgan fingerprint density at radius 3 is 2.65 bits per heavy atom. The van der Waals surface area contributed by atoms with Crippen LogP contribution in [0.2, 0.25) is 0 Å². The minimum absolute atomic E-state index is 0.211. The number of benzene rings is 2. The second-order valence-corrected chi connectivity index (χ2v) is 9.03. The molecule has 1 N–H and O–H groups in total. The van der Waals surface area contributed by atoms with Gasteiger partial charge in [0.2, 0.25) is 5.62 Å². The van der Waals surface area contributed by atoms with Crippen molar-refractivity contribution in [2.45, 2.75) is 32.2 Å². The van der Waals surface area contributed by atoms with E-state index in [-0.39, 0.29) is 18.1 Å². The first-order valence-electron chi connectivity index (χ1n) is 12.3. The van der Waals surface area contributed by atoms with Crippen LogP contribution in [0, 0.1) is 0 Å².